The Bertz CT molecular complexity index is 291. The number of hydrogen-bond donors (Lipinski definition) is 0. The SMILES string of the molecule is Brc1cccc2c1CC=N2. The average Bonchev–Trinajstić information content (AvgIpc) is 2.36. The predicted octanol–water partition coefficient (Wildman–Crippen LogP) is 2.71. The maximum absolute atomic E-state index is 4.21. The van der Waals surface area contributed by atoms with Gasteiger partial charge in [-0.1, -0.05) is 22.0 Å². The molecule has 1 aromatic carbocycles. The third-order valence-electron chi connectivity index (χ3n) is 1.62. The van der Waals surface area contributed by atoms with Gasteiger partial charge in [0.05, 0.1) is 5.69 Å². The van der Waals surface area contributed by atoms with Crippen LogP contribution < -0.4 is 0 Å². The Morgan fingerprint density at radius 1 is 1.40 bits per heavy atom. The smallest absolute Gasteiger partial charge is 0.0672 e. The fourth-order valence-corrected chi connectivity index (χ4v) is 1.62. The Morgan fingerprint density at radius 3 is 3.10 bits per heavy atom. The Morgan fingerprint density at radius 2 is 2.30 bits per heavy atom. The fraction of sp³-hybridized carbons (Fsp3) is 0.125. The molecule has 0 saturated carbocycles. The van der Waals surface area contributed by atoms with Crippen LogP contribution >= 0.6 is 15.9 Å². The zero-order valence-corrected chi connectivity index (χ0v) is 6.93. The first kappa shape index (κ1) is 6.10. The van der Waals surface area contributed by atoms with Crippen LogP contribution in [0.3, 0.4) is 0 Å². The summed E-state index contributed by atoms with van der Waals surface area (Å²) in [6.45, 7) is 0. The zero-order valence-electron chi connectivity index (χ0n) is 5.34. The first-order valence-electron chi connectivity index (χ1n) is 3.18. The highest BCUT2D eigenvalue weighted by Gasteiger charge is 2.07. The molecule has 0 bridgehead atoms. The highest BCUT2D eigenvalue weighted by atomic mass is 79.9. The van der Waals surface area contributed by atoms with Crippen LogP contribution in [0, 0.1) is 0 Å². The van der Waals surface area contributed by atoms with Crippen molar-refractivity contribution in [2.45, 2.75) is 6.42 Å². The predicted molar refractivity (Wildman–Crippen MR) is 46.0 cm³/mol. The first-order valence-corrected chi connectivity index (χ1v) is 3.97. The van der Waals surface area contributed by atoms with Gasteiger partial charge < -0.3 is 0 Å². The van der Waals surface area contributed by atoms with Crippen molar-refractivity contribution in [3.63, 3.8) is 0 Å². The van der Waals surface area contributed by atoms with E-state index >= 15 is 0 Å². The average molecular weight is 196 g/mol. The molecule has 0 N–H and O–H groups in total. The summed E-state index contributed by atoms with van der Waals surface area (Å²) < 4.78 is 1.17. The van der Waals surface area contributed by atoms with Crippen molar-refractivity contribution in [3.8, 4) is 0 Å². The molecule has 50 valence electrons. The molecule has 2 rings (SSSR count). The monoisotopic (exact) mass is 195 g/mol. The summed E-state index contributed by atoms with van der Waals surface area (Å²) in [7, 11) is 0. The van der Waals surface area contributed by atoms with Gasteiger partial charge in [-0.15, -0.1) is 0 Å². The second kappa shape index (κ2) is 2.20. The summed E-state index contributed by atoms with van der Waals surface area (Å²) in [6, 6.07) is 6.09. The van der Waals surface area contributed by atoms with Crippen molar-refractivity contribution >= 4 is 27.8 Å². The lowest BCUT2D eigenvalue weighted by molar-refractivity contribution is 1.38. The van der Waals surface area contributed by atoms with E-state index in [9.17, 15) is 0 Å². The van der Waals surface area contributed by atoms with Gasteiger partial charge in [0.15, 0.2) is 0 Å². The number of halogens is 1. The molecular weight excluding hydrogens is 190 g/mol. The largest absolute Gasteiger partial charge is 0.261 e. The first-order chi connectivity index (χ1) is 4.88. The number of fused-ring (bicyclic) bond motifs is 1. The van der Waals surface area contributed by atoms with E-state index in [1.807, 2.05) is 24.4 Å². The van der Waals surface area contributed by atoms with Gasteiger partial charge in [-0.3, -0.25) is 4.99 Å². The number of hydrogen-bond acceptors (Lipinski definition) is 1. The molecule has 1 nitrogen and oxygen atoms in total. The van der Waals surface area contributed by atoms with Crippen LogP contribution in [0.4, 0.5) is 5.69 Å². The third-order valence-corrected chi connectivity index (χ3v) is 2.36. The van der Waals surface area contributed by atoms with E-state index < -0.39 is 0 Å². The van der Waals surface area contributed by atoms with Crippen molar-refractivity contribution in [1.29, 1.82) is 0 Å². The lowest BCUT2D eigenvalue weighted by Crippen LogP contribution is -1.79. The van der Waals surface area contributed by atoms with Crippen molar-refractivity contribution in [2.24, 2.45) is 4.99 Å². The number of benzene rings is 1. The normalized spacial score (nSPS) is 13.7. The molecule has 0 fully saturated rings. The Balaban J connectivity index is 2.66. The second-order valence-electron chi connectivity index (χ2n) is 2.25. The van der Waals surface area contributed by atoms with Gasteiger partial charge in [0.2, 0.25) is 0 Å². The maximum atomic E-state index is 4.21. The summed E-state index contributed by atoms with van der Waals surface area (Å²) in [6.07, 6.45) is 2.91. The highest BCUT2D eigenvalue weighted by Crippen LogP contribution is 2.30. The molecule has 0 atom stereocenters. The van der Waals surface area contributed by atoms with Gasteiger partial charge in [0, 0.05) is 17.1 Å². The number of rotatable bonds is 0. The minimum Gasteiger partial charge on any atom is -0.261 e. The summed E-state index contributed by atoms with van der Waals surface area (Å²) in [5, 5.41) is 0. The Hall–Kier alpha value is -0.630. The summed E-state index contributed by atoms with van der Waals surface area (Å²) in [5.74, 6) is 0. The topological polar surface area (TPSA) is 12.4 Å². The number of aliphatic imine (C=N–C) groups is 1. The van der Waals surface area contributed by atoms with Crippen LogP contribution in [0.15, 0.2) is 27.7 Å². The Kier molecular flexibility index (Phi) is 1.34. The van der Waals surface area contributed by atoms with Crippen molar-refractivity contribution in [1.82, 2.24) is 0 Å². The van der Waals surface area contributed by atoms with E-state index in [2.05, 4.69) is 20.9 Å². The van der Waals surface area contributed by atoms with E-state index in [1.165, 1.54) is 10.0 Å². The third kappa shape index (κ3) is 0.797. The van der Waals surface area contributed by atoms with E-state index in [0.29, 0.717) is 0 Å². The van der Waals surface area contributed by atoms with Gasteiger partial charge in [-0.05, 0) is 17.7 Å². The minimum absolute atomic E-state index is 0.969. The standard InChI is InChI=1S/C8H6BrN/c9-7-2-1-3-8-6(7)4-5-10-8/h1-3,5H,4H2. The van der Waals surface area contributed by atoms with Gasteiger partial charge in [-0.2, -0.15) is 0 Å². The quantitative estimate of drug-likeness (QED) is 0.604. The zero-order chi connectivity index (χ0) is 6.97. The van der Waals surface area contributed by atoms with E-state index in [4.69, 9.17) is 0 Å². The molecule has 1 aliphatic heterocycles. The summed E-state index contributed by atoms with van der Waals surface area (Å²) >= 11 is 3.47. The van der Waals surface area contributed by atoms with Gasteiger partial charge in [0.25, 0.3) is 0 Å². The molecule has 1 heterocycles. The van der Waals surface area contributed by atoms with E-state index in [0.717, 1.165) is 12.1 Å². The van der Waals surface area contributed by atoms with Crippen LogP contribution in [0.2, 0.25) is 0 Å². The fourth-order valence-electron chi connectivity index (χ4n) is 1.11. The molecule has 2 heteroatoms. The molecule has 0 radical (unpaired) electrons. The van der Waals surface area contributed by atoms with Gasteiger partial charge in [0.1, 0.15) is 0 Å². The van der Waals surface area contributed by atoms with Crippen LogP contribution in [-0.4, -0.2) is 6.21 Å². The summed E-state index contributed by atoms with van der Waals surface area (Å²) in [5.41, 5.74) is 2.41. The van der Waals surface area contributed by atoms with Crippen LogP contribution in [-0.2, 0) is 6.42 Å². The van der Waals surface area contributed by atoms with Crippen LogP contribution in [0.25, 0.3) is 0 Å². The lowest BCUT2D eigenvalue weighted by atomic mass is 10.2. The molecule has 1 aromatic rings. The van der Waals surface area contributed by atoms with Crippen LogP contribution in [0.1, 0.15) is 5.56 Å². The molecule has 1 aliphatic rings. The molecule has 0 aliphatic carbocycles. The highest BCUT2D eigenvalue weighted by molar-refractivity contribution is 9.10. The molecule has 10 heavy (non-hydrogen) atoms. The summed E-state index contributed by atoms with van der Waals surface area (Å²) in [4.78, 5) is 4.21. The molecule has 0 saturated heterocycles. The second-order valence-corrected chi connectivity index (χ2v) is 3.11. The van der Waals surface area contributed by atoms with E-state index in [-0.39, 0.29) is 0 Å². The Labute approximate surface area is 67.9 Å². The molecule has 0 aromatic heterocycles. The number of nitrogens with zero attached hydrogens (tertiary/aromatic N) is 1. The van der Waals surface area contributed by atoms with Gasteiger partial charge >= 0.3 is 0 Å². The molecule has 0 unspecified atom stereocenters. The van der Waals surface area contributed by atoms with Crippen molar-refractivity contribution < 1.29 is 0 Å². The van der Waals surface area contributed by atoms with Crippen molar-refractivity contribution in [3.05, 3.63) is 28.2 Å². The van der Waals surface area contributed by atoms with Crippen LogP contribution in [0.5, 0.6) is 0 Å². The maximum Gasteiger partial charge on any atom is 0.0672 e. The van der Waals surface area contributed by atoms with Crippen molar-refractivity contribution in [2.75, 3.05) is 0 Å². The molecule has 0 spiro atoms. The molecular formula is C8H6BrN. The van der Waals surface area contributed by atoms with E-state index in [1.54, 1.807) is 0 Å². The minimum atomic E-state index is 0.969. The molecule has 0 amide bonds. The van der Waals surface area contributed by atoms with Gasteiger partial charge in [-0.25, -0.2) is 0 Å². The lowest BCUT2D eigenvalue weighted by Gasteiger charge is -1.97.